The SMILES string of the molecule is CCCOC(=O)c1c(NC(=O)[C@H]2CCCC[C@@H]2C(=O)O)sc2c1CCC2. The average molecular weight is 379 g/mol. The molecule has 1 heterocycles. The molecule has 2 atom stereocenters. The number of carbonyl (C=O) groups excluding carboxylic acids is 2. The van der Waals surface area contributed by atoms with E-state index in [-0.39, 0.29) is 11.9 Å². The Morgan fingerprint density at radius 2 is 1.88 bits per heavy atom. The molecule has 1 amide bonds. The van der Waals surface area contributed by atoms with Crippen LogP contribution in [0.3, 0.4) is 0 Å². The molecule has 0 radical (unpaired) electrons. The Balaban J connectivity index is 1.82. The first-order valence-corrected chi connectivity index (χ1v) is 10.2. The molecule has 1 aromatic rings. The van der Waals surface area contributed by atoms with Crippen molar-refractivity contribution in [3.05, 3.63) is 16.0 Å². The Labute approximate surface area is 156 Å². The maximum atomic E-state index is 12.8. The molecule has 3 rings (SSSR count). The van der Waals surface area contributed by atoms with Crippen molar-refractivity contribution in [1.82, 2.24) is 0 Å². The smallest absolute Gasteiger partial charge is 0.341 e. The van der Waals surface area contributed by atoms with Crippen LogP contribution >= 0.6 is 11.3 Å². The fraction of sp³-hybridized carbons (Fsp3) is 0.632. The van der Waals surface area contributed by atoms with Crippen molar-refractivity contribution in [2.45, 2.75) is 58.3 Å². The van der Waals surface area contributed by atoms with E-state index in [1.165, 1.54) is 11.3 Å². The summed E-state index contributed by atoms with van der Waals surface area (Å²) in [4.78, 5) is 37.9. The summed E-state index contributed by atoms with van der Waals surface area (Å²) in [6, 6.07) is 0. The van der Waals surface area contributed by atoms with Crippen molar-refractivity contribution in [1.29, 1.82) is 0 Å². The number of carboxylic acids is 1. The lowest BCUT2D eigenvalue weighted by molar-refractivity contribution is -0.147. The first-order valence-electron chi connectivity index (χ1n) is 9.38. The van der Waals surface area contributed by atoms with Gasteiger partial charge in [-0.2, -0.15) is 0 Å². The molecule has 2 N–H and O–H groups in total. The minimum absolute atomic E-state index is 0.290. The monoisotopic (exact) mass is 379 g/mol. The molecule has 6 nitrogen and oxygen atoms in total. The van der Waals surface area contributed by atoms with Gasteiger partial charge in [-0.1, -0.05) is 19.8 Å². The number of aryl methyl sites for hydroxylation is 1. The summed E-state index contributed by atoms with van der Waals surface area (Å²) >= 11 is 1.43. The zero-order valence-electron chi connectivity index (χ0n) is 15.0. The molecule has 142 valence electrons. The second kappa shape index (κ2) is 8.20. The predicted molar refractivity (Wildman–Crippen MR) is 98.6 cm³/mol. The molecule has 0 spiro atoms. The van der Waals surface area contributed by atoms with E-state index < -0.39 is 17.8 Å². The Morgan fingerprint density at radius 3 is 2.58 bits per heavy atom. The molecule has 2 aliphatic rings. The van der Waals surface area contributed by atoms with Crippen LogP contribution in [0.1, 0.15) is 66.2 Å². The van der Waals surface area contributed by atoms with Crippen LogP contribution in [0.2, 0.25) is 0 Å². The Hall–Kier alpha value is -1.89. The summed E-state index contributed by atoms with van der Waals surface area (Å²) in [6.45, 7) is 2.28. The number of nitrogens with one attached hydrogen (secondary N) is 1. The van der Waals surface area contributed by atoms with Gasteiger partial charge < -0.3 is 15.2 Å². The summed E-state index contributed by atoms with van der Waals surface area (Å²) in [5, 5.41) is 12.8. The third-order valence-electron chi connectivity index (χ3n) is 5.22. The van der Waals surface area contributed by atoms with Gasteiger partial charge in [0.15, 0.2) is 0 Å². The lowest BCUT2D eigenvalue weighted by Crippen LogP contribution is -2.36. The van der Waals surface area contributed by atoms with E-state index in [0.717, 1.165) is 49.0 Å². The van der Waals surface area contributed by atoms with Crippen LogP contribution in [0.5, 0.6) is 0 Å². The van der Waals surface area contributed by atoms with Crippen molar-refractivity contribution in [3.8, 4) is 0 Å². The summed E-state index contributed by atoms with van der Waals surface area (Å²) in [5.74, 6) is -2.79. The lowest BCUT2D eigenvalue weighted by atomic mass is 9.79. The number of carboxylic acid groups (broad SMARTS) is 1. The highest BCUT2D eigenvalue weighted by Gasteiger charge is 2.37. The maximum Gasteiger partial charge on any atom is 0.341 e. The topological polar surface area (TPSA) is 92.7 Å². The fourth-order valence-corrected chi connectivity index (χ4v) is 5.20. The number of amides is 1. The number of ether oxygens (including phenoxy) is 1. The number of fused-ring (bicyclic) bond motifs is 1. The number of esters is 1. The van der Waals surface area contributed by atoms with E-state index in [4.69, 9.17) is 4.74 Å². The Morgan fingerprint density at radius 1 is 1.15 bits per heavy atom. The second-order valence-electron chi connectivity index (χ2n) is 7.02. The van der Waals surface area contributed by atoms with Gasteiger partial charge in [0.25, 0.3) is 0 Å². The molecule has 0 aliphatic heterocycles. The third-order valence-corrected chi connectivity index (χ3v) is 6.43. The van der Waals surface area contributed by atoms with Gasteiger partial charge in [-0.05, 0) is 44.1 Å². The van der Waals surface area contributed by atoms with Crippen LogP contribution in [-0.2, 0) is 27.2 Å². The number of thiophene rings is 1. The minimum atomic E-state index is -0.916. The minimum Gasteiger partial charge on any atom is -0.481 e. The van der Waals surface area contributed by atoms with Gasteiger partial charge in [-0.25, -0.2) is 4.79 Å². The van der Waals surface area contributed by atoms with Gasteiger partial charge in [-0.15, -0.1) is 11.3 Å². The van der Waals surface area contributed by atoms with Gasteiger partial charge in [0.05, 0.1) is 24.0 Å². The number of carbonyl (C=O) groups is 3. The highest BCUT2D eigenvalue weighted by atomic mass is 32.1. The van der Waals surface area contributed by atoms with Crippen molar-refractivity contribution in [3.63, 3.8) is 0 Å². The van der Waals surface area contributed by atoms with Gasteiger partial charge in [-0.3, -0.25) is 9.59 Å². The molecule has 1 saturated carbocycles. The summed E-state index contributed by atoms with van der Waals surface area (Å²) in [5.41, 5.74) is 1.47. The number of anilines is 1. The molecule has 1 aromatic heterocycles. The molecule has 26 heavy (non-hydrogen) atoms. The standard InChI is InChI=1S/C19H25NO5S/c1-2-10-25-19(24)15-13-8-5-9-14(13)26-17(15)20-16(21)11-6-3-4-7-12(11)18(22)23/h11-12H,2-10H2,1H3,(H,20,21)(H,22,23)/t11-,12-/m0/s1. The molecule has 0 aromatic carbocycles. The normalized spacial score (nSPS) is 21.9. The van der Waals surface area contributed by atoms with Gasteiger partial charge in [0, 0.05) is 4.88 Å². The lowest BCUT2D eigenvalue weighted by Gasteiger charge is -2.27. The van der Waals surface area contributed by atoms with E-state index in [2.05, 4.69) is 5.32 Å². The molecule has 1 fully saturated rings. The van der Waals surface area contributed by atoms with Crippen LogP contribution in [0.15, 0.2) is 0 Å². The van der Waals surface area contributed by atoms with E-state index >= 15 is 0 Å². The van der Waals surface area contributed by atoms with Crippen LogP contribution < -0.4 is 5.32 Å². The molecule has 2 aliphatic carbocycles. The largest absolute Gasteiger partial charge is 0.481 e. The number of hydrogen-bond donors (Lipinski definition) is 2. The number of hydrogen-bond acceptors (Lipinski definition) is 5. The quantitative estimate of drug-likeness (QED) is 0.736. The van der Waals surface area contributed by atoms with E-state index in [9.17, 15) is 19.5 Å². The second-order valence-corrected chi connectivity index (χ2v) is 8.13. The highest BCUT2D eigenvalue weighted by molar-refractivity contribution is 7.17. The molecular weight excluding hydrogens is 354 g/mol. The van der Waals surface area contributed by atoms with Gasteiger partial charge >= 0.3 is 11.9 Å². The van der Waals surface area contributed by atoms with E-state index in [1.54, 1.807) is 0 Å². The molecule has 0 unspecified atom stereocenters. The zero-order chi connectivity index (χ0) is 18.7. The van der Waals surface area contributed by atoms with Gasteiger partial charge in [0.1, 0.15) is 5.00 Å². The first kappa shape index (κ1) is 18.9. The van der Waals surface area contributed by atoms with Crippen molar-refractivity contribution < 1.29 is 24.2 Å². The maximum absolute atomic E-state index is 12.8. The Bertz CT molecular complexity index is 711. The van der Waals surface area contributed by atoms with E-state index in [0.29, 0.717) is 30.0 Å². The fourth-order valence-electron chi connectivity index (χ4n) is 3.92. The summed E-state index contributed by atoms with van der Waals surface area (Å²) in [6.07, 6.45) is 6.26. The summed E-state index contributed by atoms with van der Waals surface area (Å²) in [7, 11) is 0. The molecular formula is C19H25NO5S. The highest BCUT2D eigenvalue weighted by Crippen LogP contribution is 2.40. The third kappa shape index (κ3) is 3.77. The average Bonchev–Trinajstić information content (AvgIpc) is 3.20. The van der Waals surface area contributed by atoms with Crippen LogP contribution in [-0.4, -0.2) is 29.6 Å². The first-order chi connectivity index (χ1) is 12.5. The Kier molecular flexibility index (Phi) is 5.96. The van der Waals surface area contributed by atoms with Crippen molar-refractivity contribution in [2.24, 2.45) is 11.8 Å². The van der Waals surface area contributed by atoms with Crippen molar-refractivity contribution in [2.75, 3.05) is 11.9 Å². The van der Waals surface area contributed by atoms with Crippen LogP contribution in [0.4, 0.5) is 5.00 Å². The molecule has 7 heteroatoms. The van der Waals surface area contributed by atoms with Crippen molar-refractivity contribution >= 4 is 34.2 Å². The predicted octanol–water partition coefficient (Wildman–Crippen LogP) is 3.63. The molecule has 0 bridgehead atoms. The van der Waals surface area contributed by atoms with E-state index in [1.807, 2.05) is 6.92 Å². The van der Waals surface area contributed by atoms with Crippen LogP contribution in [0, 0.1) is 11.8 Å². The summed E-state index contributed by atoms with van der Waals surface area (Å²) < 4.78 is 5.31. The molecule has 0 saturated heterocycles. The van der Waals surface area contributed by atoms with Crippen LogP contribution in [0.25, 0.3) is 0 Å². The number of rotatable bonds is 6. The zero-order valence-corrected chi connectivity index (χ0v) is 15.8. The number of aliphatic carboxylic acids is 1. The van der Waals surface area contributed by atoms with Gasteiger partial charge in [0.2, 0.25) is 5.91 Å².